The average Bonchev–Trinajstić information content (AvgIpc) is 2.77. The van der Waals surface area contributed by atoms with Crippen LogP contribution in [0, 0.1) is 20.8 Å². The molecular formula is C19H25N3O. The normalized spacial score (nSPS) is 12.6. The van der Waals surface area contributed by atoms with Crippen LogP contribution < -0.4 is 5.32 Å². The number of aromatic nitrogens is 2. The number of amides is 1. The molecule has 0 aliphatic carbocycles. The minimum absolute atomic E-state index is 0.0313. The fourth-order valence-corrected chi connectivity index (χ4v) is 2.63. The summed E-state index contributed by atoms with van der Waals surface area (Å²) in [6.45, 7) is 8.08. The summed E-state index contributed by atoms with van der Waals surface area (Å²) in [5.41, 5.74) is 5.34. The lowest BCUT2D eigenvalue weighted by Crippen LogP contribution is -2.26. The van der Waals surface area contributed by atoms with E-state index in [0.717, 1.165) is 28.9 Å². The molecule has 0 spiro atoms. The van der Waals surface area contributed by atoms with E-state index in [2.05, 4.69) is 48.5 Å². The molecule has 2 rings (SSSR count). The van der Waals surface area contributed by atoms with E-state index < -0.39 is 0 Å². The van der Waals surface area contributed by atoms with Crippen LogP contribution in [0.4, 0.5) is 0 Å². The molecule has 0 aliphatic heterocycles. The summed E-state index contributed by atoms with van der Waals surface area (Å²) in [5.74, 6) is -0.0833. The standard InChI is InChI=1S/C19H25N3O/c1-6-18(16-9-7-13(2)8-10-16)20-19(23)12-11-17-14(3)21-22(5)15(17)4/h7-12,18H,6H2,1-5H3,(H,20,23)/b12-11+. The lowest BCUT2D eigenvalue weighted by atomic mass is 10.0. The zero-order chi connectivity index (χ0) is 17.0. The van der Waals surface area contributed by atoms with Crippen LogP contribution in [0.2, 0.25) is 0 Å². The van der Waals surface area contributed by atoms with Gasteiger partial charge in [0.2, 0.25) is 5.91 Å². The summed E-state index contributed by atoms with van der Waals surface area (Å²) in [4.78, 5) is 12.2. The molecular weight excluding hydrogens is 286 g/mol. The van der Waals surface area contributed by atoms with E-state index in [4.69, 9.17) is 0 Å². The van der Waals surface area contributed by atoms with Crippen LogP contribution in [-0.2, 0) is 11.8 Å². The minimum atomic E-state index is -0.0833. The quantitative estimate of drug-likeness (QED) is 0.857. The second-order valence-corrected chi connectivity index (χ2v) is 5.92. The molecule has 1 aromatic heterocycles. The lowest BCUT2D eigenvalue weighted by molar-refractivity contribution is -0.117. The van der Waals surface area contributed by atoms with Gasteiger partial charge in [0.05, 0.1) is 11.7 Å². The molecule has 4 heteroatoms. The number of benzene rings is 1. The summed E-state index contributed by atoms with van der Waals surface area (Å²) in [7, 11) is 1.91. The maximum atomic E-state index is 12.2. The number of hydrogen-bond donors (Lipinski definition) is 1. The first-order chi connectivity index (χ1) is 10.9. The molecule has 0 fully saturated rings. The van der Waals surface area contributed by atoms with Crippen molar-refractivity contribution in [1.29, 1.82) is 0 Å². The number of hydrogen-bond acceptors (Lipinski definition) is 2. The van der Waals surface area contributed by atoms with Gasteiger partial charge in [0.25, 0.3) is 0 Å². The Balaban J connectivity index is 2.08. The second kappa shape index (κ2) is 7.27. The Morgan fingerprint density at radius 1 is 1.26 bits per heavy atom. The maximum absolute atomic E-state index is 12.2. The van der Waals surface area contributed by atoms with Crippen molar-refractivity contribution in [2.75, 3.05) is 0 Å². The molecule has 0 saturated heterocycles. The first-order valence-corrected chi connectivity index (χ1v) is 7.97. The Kier molecular flexibility index (Phi) is 5.37. The molecule has 1 aromatic carbocycles. The third-order valence-electron chi connectivity index (χ3n) is 4.17. The average molecular weight is 311 g/mol. The first kappa shape index (κ1) is 17.0. The summed E-state index contributed by atoms with van der Waals surface area (Å²) >= 11 is 0. The Morgan fingerprint density at radius 2 is 1.91 bits per heavy atom. The molecule has 122 valence electrons. The van der Waals surface area contributed by atoms with Crippen LogP contribution in [0.3, 0.4) is 0 Å². The maximum Gasteiger partial charge on any atom is 0.244 e. The zero-order valence-corrected chi connectivity index (χ0v) is 14.6. The van der Waals surface area contributed by atoms with Crippen LogP contribution in [0.1, 0.15) is 47.5 Å². The third-order valence-corrected chi connectivity index (χ3v) is 4.17. The number of carbonyl (C=O) groups is 1. The molecule has 1 heterocycles. The van der Waals surface area contributed by atoms with E-state index in [1.807, 2.05) is 31.7 Å². The second-order valence-electron chi connectivity index (χ2n) is 5.92. The van der Waals surface area contributed by atoms with Crippen molar-refractivity contribution in [2.45, 2.75) is 40.2 Å². The monoisotopic (exact) mass is 311 g/mol. The molecule has 1 N–H and O–H groups in total. The predicted molar refractivity (Wildman–Crippen MR) is 94.1 cm³/mol. The molecule has 1 unspecified atom stereocenters. The SMILES string of the molecule is CCC(NC(=O)/C=C/c1c(C)nn(C)c1C)c1ccc(C)cc1. The van der Waals surface area contributed by atoms with Gasteiger partial charge in [-0.15, -0.1) is 0 Å². The third kappa shape index (κ3) is 4.09. The van der Waals surface area contributed by atoms with Gasteiger partial charge in [-0.2, -0.15) is 5.10 Å². The van der Waals surface area contributed by atoms with Gasteiger partial charge in [-0.05, 0) is 38.8 Å². The highest BCUT2D eigenvalue weighted by molar-refractivity contribution is 5.92. The molecule has 4 nitrogen and oxygen atoms in total. The Morgan fingerprint density at radius 3 is 2.43 bits per heavy atom. The van der Waals surface area contributed by atoms with Gasteiger partial charge >= 0.3 is 0 Å². The van der Waals surface area contributed by atoms with Crippen molar-refractivity contribution >= 4 is 12.0 Å². The summed E-state index contributed by atoms with van der Waals surface area (Å²) < 4.78 is 1.83. The van der Waals surface area contributed by atoms with E-state index in [0.29, 0.717) is 0 Å². The topological polar surface area (TPSA) is 46.9 Å². The van der Waals surface area contributed by atoms with Crippen molar-refractivity contribution in [3.05, 3.63) is 58.4 Å². The summed E-state index contributed by atoms with van der Waals surface area (Å²) in [6, 6.07) is 8.32. The van der Waals surface area contributed by atoms with Crippen LogP contribution in [0.15, 0.2) is 30.3 Å². The molecule has 1 amide bonds. The van der Waals surface area contributed by atoms with Crippen LogP contribution in [0.25, 0.3) is 6.08 Å². The highest BCUT2D eigenvalue weighted by Crippen LogP contribution is 2.18. The summed E-state index contributed by atoms with van der Waals surface area (Å²) in [5, 5.41) is 7.42. The predicted octanol–water partition coefficient (Wildman–Crippen LogP) is 3.63. The Hall–Kier alpha value is -2.36. The van der Waals surface area contributed by atoms with E-state index in [1.54, 1.807) is 6.08 Å². The number of nitrogens with one attached hydrogen (secondary N) is 1. The first-order valence-electron chi connectivity index (χ1n) is 7.97. The fraction of sp³-hybridized carbons (Fsp3) is 0.368. The molecule has 1 atom stereocenters. The van der Waals surface area contributed by atoms with Crippen LogP contribution in [-0.4, -0.2) is 15.7 Å². The van der Waals surface area contributed by atoms with Crippen molar-refractivity contribution in [2.24, 2.45) is 7.05 Å². The minimum Gasteiger partial charge on any atom is -0.346 e. The van der Waals surface area contributed by atoms with Gasteiger partial charge in [0, 0.05) is 24.4 Å². The van der Waals surface area contributed by atoms with Gasteiger partial charge in [-0.25, -0.2) is 0 Å². The smallest absolute Gasteiger partial charge is 0.244 e. The molecule has 0 radical (unpaired) electrons. The van der Waals surface area contributed by atoms with Crippen molar-refractivity contribution in [1.82, 2.24) is 15.1 Å². The number of carbonyl (C=O) groups excluding carboxylic acids is 1. The molecule has 23 heavy (non-hydrogen) atoms. The van der Waals surface area contributed by atoms with E-state index in [1.165, 1.54) is 5.56 Å². The highest BCUT2D eigenvalue weighted by atomic mass is 16.1. The van der Waals surface area contributed by atoms with Crippen molar-refractivity contribution in [3.63, 3.8) is 0 Å². The largest absolute Gasteiger partial charge is 0.346 e. The lowest BCUT2D eigenvalue weighted by Gasteiger charge is -2.16. The number of aryl methyl sites for hydroxylation is 3. The van der Waals surface area contributed by atoms with Gasteiger partial charge in [-0.3, -0.25) is 9.48 Å². The van der Waals surface area contributed by atoms with Crippen LogP contribution >= 0.6 is 0 Å². The van der Waals surface area contributed by atoms with Gasteiger partial charge in [-0.1, -0.05) is 36.8 Å². The molecule has 0 bridgehead atoms. The van der Waals surface area contributed by atoms with Gasteiger partial charge < -0.3 is 5.32 Å². The van der Waals surface area contributed by atoms with Gasteiger partial charge in [0.1, 0.15) is 0 Å². The Labute approximate surface area is 138 Å². The van der Waals surface area contributed by atoms with Crippen molar-refractivity contribution in [3.8, 4) is 0 Å². The summed E-state index contributed by atoms with van der Waals surface area (Å²) in [6.07, 6.45) is 4.29. The number of rotatable bonds is 5. The van der Waals surface area contributed by atoms with Crippen LogP contribution in [0.5, 0.6) is 0 Å². The molecule has 0 saturated carbocycles. The van der Waals surface area contributed by atoms with E-state index in [-0.39, 0.29) is 11.9 Å². The van der Waals surface area contributed by atoms with Crippen molar-refractivity contribution < 1.29 is 4.79 Å². The van der Waals surface area contributed by atoms with E-state index >= 15 is 0 Å². The fourth-order valence-electron chi connectivity index (χ4n) is 2.63. The van der Waals surface area contributed by atoms with Gasteiger partial charge in [0.15, 0.2) is 0 Å². The van der Waals surface area contributed by atoms with E-state index in [9.17, 15) is 4.79 Å². The zero-order valence-electron chi connectivity index (χ0n) is 14.6. The Bertz CT molecular complexity index is 711. The molecule has 2 aromatic rings. The highest BCUT2D eigenvalue weighted by Gasteiger charge is 2.11. The number of nitrogens with zero attached hydrogens (tertiary/aromatic N) is 2. The molecule has 0 aliphatic rings.